The summed E-state index contributed by atoms with van der Waals surface area (Å²) in [6.07, 6.45) is 0. The monoisotopic (exact) mass is 423 g/mol. The van der Waals surface area contributed by atoms with Gasteiger partial charge in [-0.1, -0.05) is 109 Å². The smallest absolute Gasteiger partial charge is 0.324 e. The van der Waals surface area contributed by atoms with E-state index in [1.54, 1.807) is 0 Å². The van der Waals surface area contributed by atoms with Crippen molar-refractivity contribution >= 4 is 5.97 Å². The standard InChI is InChI=1S/C28H25NO3/c30-27(31)26(21-32-25-19-11-4-12-20-25)29-28(22-13-5-1-6-14-22,23-15-7-2-8-16-23)24-17-9-3-10-18-24/h1-20,26,29H,21H2,(H,30,31). The normalized spacial score (nSPS) is 12.1. The zero-order valence-electron chi connectivity index (χ0n) is 17.6. The van der Waals surface area contributed by atoms with E-state index in [1.807, 2.05) is 121 Å². The van der Waals surface area contributed by atoms with Crippen LogP contribution >= 0.6 is 0 Å². The van der Waals surface area contributed by atoms with Crippen molar-refractivity contribution in [3.8, 4) is 5.75 Å². The first-order valence-electron chi connectivity index (χ1n) is 10.5. The van der Waals surface area contributed by atoms with E-state index in [0.29, 0.717) is 5.75 Å². The largest absolute Gasteiger partial charge is 0.491 e. The number of rotatable bonds is 9. The molecule has 0 saturated carbocycles. The molecule has 2 N–H and O–H groups in total. The van der Waals surface area contributed by atoms with Gasteiger partial charge in [0.2, 0.25) is 0 Å². The average Bonchev–Trinajstić information content (AvgIpc) is 2.86. The molecule has 160 valence electrons. The fourth-order valence-corrected chi connectivity index (χ4v) is 3.95. The molecule has 0 amide bonds. The molecule has 4 rings (SSSR count). The Hall–Kier alpha value is -3.89. The van der Waals surface area contributed by atoms with Gasteiger partial charge in [-0.2, -0.15) is 0 Å². The molecular weight excluding hydrogens is 398 g/mol. The van der Waals surface area contributed by atoms with Crippen molar-refractivity contribution < 1.29 is 14.6 Å². The summed E-state index contributed by atoms with van der Waals surface area (Å²) in [5.74, 6) is -0.349. The summed E-state index contributed by atoms with van der Waals surface area (Å²) >= 11 is 0. The number of aliphatic carboxylic acids is 1. The van der Waals surface area contributed by atoms with E-state index in [1.165, 1.54) is 0 Å². The summed E-state index contributed by atoms with van der Waals surface area (Å²) in [5.41, 5.74) is 1.96. The second kappa shape index (κ2) is 9.94. The van der Waals surface area contributed by atoms with Crippen molar-refractivity contribution in [2.75, 3.05) is 6.61 Å². The van der Waals surface area contributed by atoms with Crippen LogP contribution in [0.2, 0.25) is 0 Å². The zero-order valence-corrected chi connectivity index (χ0v) is 17.6. The summed E-state index contributed by atoms with van der Waals surface area (Å²) in [7, 11) is 0. The number of nitrogens with one attached hydrogen (secondary N) is 1. The molecule has 4 aromatic carbocycles. The highest BCUT2D eigenvalue weighted by Gasteiger charge is 2.40. The molecule has 0 aromatic heterocycles. The third-order valence-corrected chi connectivity index (χ3v) is 5.47. The molecule has 0 fully saturated rings. The number of ether oxygens (including phenoxy) is 1. The molecule has 0 saturated heterocycles. The molecule has 0 aliphatic heterocycles. The molecule has 1 atom stereocenters. The van der Waals surface area contributed by atoms with Crippen LogP contribution < -0.4 is 10.1 Å². The minimum atomic E-state index is -0.979. The topological polar surface area (TPSA) is 58.6 Å². The lowest BCUT2D eigenvalue weighted by molar-refractivity contribution is -0.140. The Labute approximate surface area is 188 Å². The van der Waals surface area contributed by atoms with E-state index in [9.17, 15) is 9.90 Å². The summed E-state index contributed by atoms with van der Waals surface area (Å²) in [5, 5.41) is 13.6. The molecule has 4 aromatic rings. The van der Waals surface area contributed by atoms with E-state index >= 15 is 0 Å². The maximum Gasteiger partial charge on any atom is 0.324 e. The van der Waals surface area contributed by atoms with Gasteiger partial charge in [0.05, 0.1) is 5.54 Å². The number of carboxylic acids is 1. The first-order chi connectivity index (χ1) is 15.7. The number of hydrogen-bond acceptors (Lipinski definition) is 3. The van der Waals surface area contributed by atoms with Gasteiger partial charge in [-0.25, -0.2) is 0 Å². The molecular formula is C28H25NO3. The van der Waals surface area contributed by atoms with Gasteiger partial charge < -0.3 is 9.84 Å². The minimum absolute atomic E-state index is 0.0202. The van der Waals surface area contributed by atoms with E-state index in [4.69, 9.17) is 4.74 Å². The number of hydrogen-bond donors (Lipinski definition) is 2. The van der Waals surface area contributed by atoms with Crippen molar-refractivity contribution in [3.63, 3.8) is 0 Å². The summed E-state index contributed by atoms with van der Waals surface area (Å²) in [6.45, 7) is -0.0202. The molecule has 0 bridgehead atoms. The van der Waals surface area contributed by atoms with Gasteiger partial charge in [-0.15, -0.1) is 0 Å². The Kier molecular flexibility index (Phi) is 6.63. The molecule has 0 spiro atoms. The Morgan fingerprint density at radius 2 is 1.06 bits per heavy atom. The van der Waals surface area contributed by atoms with Crippen LogP contribution in [0.4, 0.5) is 0 Å². The Bertz CT molecular complexity index is 1020. The third kappa shape index (κ3) is 4.56. The van der Waals surface area contributed by atoms with E-state index < -0.39 is 17.6 Å². The van der Waals surface area contributed by atoms with E-state index in [2.05, 4.69) is 5.32 Å². The fourth-order valence-electron chi connectivity index (χ4n) is 3.95. The zero-order chi connectivity index (χ0) is 22.2. The third-order valence-electron chi connectivity index (χ3n) is 5.47. The van der Waals surface area contributed by atoms with E-state index in [-0.39, 0.29) is 6.61 Å². The molecule has 0 aliphatic rings. The predicted molar refractivity (Wildman–Crippen MR) is 126 cm³/mol. The first-order valence-corrected chi connectivity index (χ1v) is 10.5. The van der Waals surface area contributed by atoms with Crippen molar-refractivity contribution in [2.45, 2.75) is 11.6 Å². The van der Waals surface area contributed by atoms with Gasteiger partial charge >= 0.3 is 5.97 Å². The number of para-hydroxylation sites is 1. The molecule has 0 radical (unpaired) electrons. The second-order valence-corrected chi connectivity index (χ2v) is 7.51. The molecule has 4 nitrogen and oxygen atoms in total. The molecule has 0 aliphatic carbocycles. The summed E-state index contributed by atoms with van der Waals surface area (Å²) < 4.78 is 5.84. The lowest BCUT2D eigenvalue weighted by atomic mass is 9.76. The Balaban J connectivity index is 1.81. The molecule has 1 unspecified atom stereocenters. The maximum absolute atomic E-state index is 12.3. The van der Waals surface area contributed by atoms with E-state index in [0.717, 1.165) is 16.7 Å². The minimum Gasteiger partial charge on any atom is -0.491 e. The van der Waals surface area contributed by atoms with Crippen LogP contribution in [0.15, 0.2) is 121 Å². The second-order valence-electron chi connectivity index (χ2n) is 7.51. The van der Waals surface area contributed by atoms with Gasteiger partial charge in [0, 0.05) is 0 Å². The summed E-state index contributed by atoms with van der Waals surface area (Å²) in [6, 6.07) is 38.1. The maximum atomic E-state index is 12.3. The van der Waals surface area contributed by atoms with Gasteiger partial charge in [0.15, 0.2) is 0 Å². The van der Waals surface area contributed by atoms with Crippen LogP contribution in [-0.2, 0) is 10.3 Å². The SMILES string of the molecule is O=C(O)C(COc1ccccc1)NC(c1ccccc1)(c1ccccc1)c1ccccc1. The number of carboxylic acid groups (broad SMARTS) is 1. The Morgan fingerprint density at radius 3 is 1.44 bits per heavy atom. The van der Waals surface area contributed by atoms with Crippen LogP contribution in [-0.4, -0.2) is 23.7 Å². The Morgan fingerprint density at radius 1 is 0.688 bits per heavy atom. The molecule has 32 heavy (non-hydrogen) atoms. The van der Waals surface area contributed by atoms with Gasteiger partial charge in [-0.3, -0.25) is 10.1 Å². The lowest BCUT2D eigenvalue weighted by Crippen LogP contribution is -2.54. The van der Waals surface area contributed by atoms with Crippen LogP contribution in [0.25, 0.3) is 0 Å². The van der Waals surface area contributed by atoms with Crippen LogP contribution in [0.3, 0.4) is 0 Å². The summed E-state index contributed by atoms with van der Waals surface area (Å²) in [4.78, 5) is 12.3. The van der Waals surface area contributed by atoms with Gasteiger partial charge in [-0.05, 0) is 28.8 Å². The first kappa shape index (κ1) is 21.3. The van der Waals surface area contributed by atoms with Crippen LogP contribution in [0, 0.1) is 0 Å². The molecule has 4 heteroatoms. The van der Waals surface area contributed by atoms with Crippen LogP contribution in [0.1, 0.15) is 16.7 Å². The lowest BCUT2D eigenvalue weighted by Gasteiger charge is -2.39. The number of benzene rings is 4. The van der Waals surface area contributed by atoms with Crippen molar-refractivity contribution in [1.82, 2.24) is 5.32 Å². The highest BCUT2D eigenvalue weighted by atomic mass is 16.5. The van der Waals surface area contributed by atoms with Crippen molar-refractivity contribution in [3.05, 3.63) is 138 Å². The predicted octanol–water partition coefficient (Wildman–Crippen LogP) is 5.10. The van der Waals surface area contributed by atoms with Gasteiger partial charge in [0.1, 0.15) is 18.4 Å². The highest BCUT2D eigenvalue weighted by molar-refractivity contribution is 5.74. The highest BCUT2D eigenvalue weighted by Crippen LogP contribution is 2.37. The molecule has 0 heterocycles. The van der Waals surface area contributed by atoms with Crippen molar-refractivity contribution in [1.29, 1.82) is 0 Å². The van der Waals surface area contributed by atoms with Crippen molar-refractivity contribution in [2.24, 2.45) is 0 Å². The fraction of sp³-hybridized carbons (Fsp3) is 0.107. The number of carbonyl (C=O) groups is 1. The van der Waals surface area contributed by atoms with Gasteiger partial charge in [0.25, 0.3) is 0 Å². The van der Waals surface area contributed by atoms with Crippen LogP contribution in [0.5, 0.6) is 5.75 Å². The average molecular weight is 424 g/mol. The quantitative estimate of drug-likeness (QED) is 0.368.